The van der Waals surface area contributed by atoms with Gasteiger partial charge in [0.05, 0.1) is 29.7 Å². The number of hydrogen-bond donors (Lipinski definition) is 2. The third-order valence-electron chi connectivity index (χ3n) is 4.32. The second-order valence-electron chi connectivity index (χ2n) is 6.62. The third-order valence-corrected chi connectivity index (χ3v) is 5.54. The molecule has 1 saturated heterocycles. The van der Waals surface area contributed by atoms with Crippen LogP contribution in [0.1, 0.15) is 12.8 Å². The lowest BCUT2D eigenvalue weighted by Gasteiger charge is -2.35. The van der Waals surface area contributed by atoms with Crippen LogP contribution in [-0.4, -0.2) is 72.3 Å². The zero-order valence-corrected chi connectivity index (χ0v) is 20.3. The number of halogens is 2. The minimum atomic E-state index is -2.98. The molecule has 2 N–H and O–H groups in total. The Labute approximate surface area is 190 Å². The van der Waals surface area contributed by atoms with E-state index >= 15 is 0 Å². The SMILES string of the molecule is CN=C(NCCOCCS(C)(=O)=O)NC1CCCN(c2ccccc2Cl)C1.I. The molecule has 1 heterocycles. The largest absolute Gasteiger partial charge is 0.379 e. The fourth-order valence-electron chi connectivity index (χ4n) is 2.96. The van der Waals surface area contributed by atoms with Crippen molar-refractivity contribution in [2.75, 3.05) is 56.8 Å². The number of sulfone groups is 1. The van der Waals surface area contributed by atoms with Gasteiger partial charge in [-0.2, -0.15) is 0 Å². The Morgan fingerprint density at radius 1 is 1.36 bits per heavy atom. The molecule has 1 aliphatic heterocycles. The first-order valence-electron chi connectivity index (χ1n) is 9.11. The molecule has 28 heavy (non-hydrogen) atoms. The first-order valence-corrected chi connectivity index (χ1v) is 11.5. The fourth-order valence-corrected chi connectivity index (χ4v) is 3.64. The maximum atomic E-state index is 11.1. The molecule has 1 aromatic carbocycles. The van der Waals surface area contributed by atoms with Crippen molar-refractivity contribution in [2.45, 2.75) is 18.9 Å². The van der Waals surface area contributed by atoms with E-state index in [1.54, 1.807) is 7.05 Å². The smallest absolute Gasteiger partial charge is 0.191 e. The third kappa shape index (κ3) is 9.15. The molecule has 1 atom stereocenters. The molecule has 0 saturated carbocycles. The summed E-state index contributed by atoms with van der Waals surface area (Å²) in [5, 5.41) is 7.41. The zero-order valence-electron chi connectivity index (χ0n) is 16.4. The summed E-state index contributed by atoms with van der Waals surface area (Å²) in [7, 11) is -1.25. The molecular weight excluding hydrogens is 515 g/mol. The van der Waals surface area contributed by atoms with Gasteiger partial charge in [-0.05, 0) is 25.0 Å². The second kappa shape index (κ2) is 12.7. The average Bonchev–Trinajstić information content (AvgIpc) is 2.63. The van der Waals surface area contributed by atoms with Crippen molar-refractivity contribution in [3.63, 3.8) is 0 Å². The number of aliphatic imine (C=N–C) groups is 1. The number of ether oxygens (including phenoxy) is 1. The molecule has 0 aliphatic carbocycles. The van der Waals surface area contributed by atoms with Crippen molar-refractivity contribution in [3.8, 4) is 0 Å². The minimum Gasteiger partial charge on any atom is -0.379 e. The van der Waals surface area contributed by atoms with Gasteiger partial charge in [0.25, 0.3) is 0 Å². The van der Waals surface area contributed by atoms with Crippen molar-refractivity contribution < 1.29 is 13.2 Å². The predicted octanol–water partition coefficient (Wildman–Crippen LogP) is 2.15. The maximum Gasteiger partial charge on any atom is 0.191 e. The van der Waals surface area contributed by atoms with E-state index in [0.717, 1.165) is 36.6 Å². The van der Waals surface area contributed by atoms with Crippen molar-refractivity contribution in [3.05, 3.63) is 29.3 Å². The van der Waals surface area contributed by atoms with Crippen molar-refractivity contribution >= 4 is 57.1 Å². The Morgan fingerprint density at radius 3 is 2.79 bits per heavy atom. The normalized spacial score (nSPS) is 17.8. The maximum absolute atomic E-state index is 11.1. The Kier molecular flexibility index (Phi) is 11.5. The number of para-hydroxylation sites is 1. The average molecular weight is 545 g/mol. The van der Waals surface area contributed by atoms with Crippen LogP contribution in [0.15, 0.2) is 29.3 Å². The lowest BCUT2D eigenvalue weighted by Crippen LogP contribution is -2.51. The highest BCUT2D eigenvalue weighted by Gasteiger charge is 2.22. The van der Waals surface area contributed by atoms with Gasteiger partial charge in [0.1, 0.15) is 9.84 Å². The van der Waals surface area contributed by atoms with Crippen LogP contribution < -0.4 is 15.5 Å². The summed E-state index contributed by atoms with van der Waals surface area (Å²) in [6.07, 6.45) is 3.34. The summed E-state index contributed by atoms with van der Waals surface area (Å²) in [5.41, 5.74) is 1.06. The summed E-state index contributed by atoms with van der Waals surface area (Å²) in [6, 6.07) is 8.18. The molecule has 1 unspecified atom stereocenters. The first kappa shape index (κ1) is 25.3. The van der Waals surface area contributed by atoms with Gasteiger partial charge >= 0.3 is 0 Å². The molecule has 160 valence electrons. The Balaban J connectivity index is 0.00000392. The summed E-state index contributed by atoms with van der Waals surface area (Å²) in [6.45, 7) is 3.04. The molecule has 0 aromatic heterocycles. The minimum absolute atomic E-state index is 0. The van der Waals surface area contributed by atoms with E-state index in [1.165, 1.54) is 6.26 Å². The molecule has 1 aromatic rings. The summed E-state index contributed by atoms with van der Waals surface area (Å²) in [5.74, 6) is 0.757. The van der Waals surface area contributed by atoms with Gasteiger partial charge < -0.3 is 20.3 Å². The number of guanidine groups is 1. The Bertz CT molecular complexity index is 733. The molecule has 0 spiro atoms. The molecule has 0 radical (unpaired) electrons. The number of hydrogen-bond acceptors (Lipinski definition) is 5. The van der Waals surface area contributed by atoms with Crippen LogP contribution in [0.3, 0.4) is 0 Å². The van der Waals surface area contributed by atoms with Gasteiger partial charge in [0.15, 0.2) is 5.96 Å². The molecule has 1 aliphatic rings. The Hall–Kier alpha value is -0.780. The quantitative estimate of drug-likeness (QED) is 0.226. The summed E-state index contributed by atoms with van der Waals surface area (Å²) >= 11 is 6.33. The van der Waals surface area contributed by atoms with Crippen LogP contribution >= 0.6 is 35.6 Å². The summed E-state index contributed by atoms with van der Waals surface area (Å²) < 4.78 is 27.4. The van der Waals surface area contributed by atoms with E-state index in [0.29, 0.717) is 19.1 Å². The van der Waals surface area contributed by atoms with Crippen LogP contribution in [0.2, 0.25) is 5.02 Å². The molecule has 2 rings (SSSR count). The van der Waals surface area contributed by atoms with E-state index in [4.69, 9.17) is 16.3 Å². The van der Waals surface area contributed by atoms with Gasteiger partial charge in [0, 0.05) is 39.0 Å². The van der Waals surface area contributed by atoms with Gasteiger partial charge in [-0.15, -0.1) is 24.0 Å². The van der Waals surface area contributed by atoms with Gasteiger partial charge in [-0.25, -0.2) is 8.42 Å². The predicted molar refractivity (Wildman–Crippen MR) is 127 cm³/mol. The standard InChI is InChI=1S/C18H29ClN4O3S.HI/c1-20-18(21-9-11-26-12-13-27(2,24)25)22-15-6-5-10-23(14-15)17-8-4-3-7-16(17)19;/h3-4,7-8,15H,5-6,9-14H2,1-2H3,(H2,20,21,22);1H. The van der Waals surface area contributed by atoms with Crippen LogP contribution in [0.25, 0.3) is 0 Å². The molecule has 0 amide bonds. The highest BCUT2D eigenvalue weighted by molar-refractivity contribution is 14.0. The summed E-state index contributed by atoms with van der Waals surface area (Å²) in [4.78, 5) is 6.55. The van der Waals surface area contributed by atoms with Gasteiger partial charge in [-0.1, -0.05) is 23.7 Å². The molecular formula is C18H30ClIN4O3S. The highest BCUT2D eigenvalue weighted by atomic mass is 127. The highest BCUT2D eigenvalue weighted by Crippen LogP contribution is 2.27. The van der Waals surface area contributed by atoms with E-state index in [1.807, 2.05) is 24.3 Å². The molecule has 10 heteroatoms. The van der Waals surface area contributed by atoms with E-state index < -0.39 is 9.84 Å². The topological polar surface area (TPSA) is 83.0 Å². The number of rotatable bonds is 8. The lowest BCUT2D eigenvalue weighted by molar-refractivity contribution is 0.154. The van der Waals surface area contributed by atoms with E-state index in [-0.39, 0.29) is 42.4 Å². The fraction of sp³-hybridized carbons (Fsp3) is 0.611. The zero-order chi connectivity index (χ0) is 19.7. The van der Waals surface area contributed by atoms with Crippen molar-refractivity contribution in [1.29, 1.82) is 0 Å². The second-order valence-corrected chi connectivity index (χ2v) is 9.29. The van der Waals surface area contributed by atoms with Gasteiger partial charge in [-0.3, -0.25) is 4.99 Å². The monoisotopic (exact) mass is 544 g/mol. The van der Waals surface area contributed by atoms with Crippen LogP contribution in [0.4, 0.5) is 5.69 Å². The molecule has 7 nitrogen and oxygen atoms in total. The number of benzene rings is 1. The molecule has 0 bridgehead atoms. The van der Waals surface area contributed by atoms with Crippen molar-refractivity contribution in [1.82, 2.24) is 10.6 Å². The van der Waals surface area contributed by atoms with Crippen molar-refractivity contribution in [2.24, 2.45) is 4.99 Å². The van der Waals surface area contributed by atoms with Crippen LogP contribution in [0.5, 0.6) is 0 Å². The van der Waals surface area contributed by atoms with Crippen LogP contribution in [-0.2, 0) is 14.6 Å². The van der Waals surface area contributed by atoms with Crippen LogP contribution in [0, 0.1) is 0 Å². The van der Waals surface area contributed by atoms with E-state index in [2.05, 4.69) is 20.5 Å². The lowest BCUT2D eigenvalue weighted by atomic mass is 10.0. The van der Waals surface area contributed by atoms with E-state index in [9.17, 15) is 8.42 Å². The number of anilines is 1. The Morgan fingerprint density at radius 2 is 2.11 bits per heavy atom. The number of nitrogens with zero attached hydrogens (tertiary/aromatic N) is 2. The number of piperidine rings is 1. The first-order chi connectivity index (χ1) is 12.9. The number of nitrogens with one attached hydrogen (secondary N) is 2. The molecule has 1 fully saturated rings. The van der Waals surface area contributed by atoms with Gasteiger partial charge in [0.2, 0.25) is 0 Å².